The first kappa shape index (κ1) is 22.1. The number of carbonyl (C=O) groups is 1. The number of nitrogens with zero attached hydrogens (tertiary/aromatic N) is 4. The summed E-state index contributed by atoms with van der Waals surface area (Å²) < 4.78 is 1.83. The minimum absolute atomic E-state index is 0.104. The Morgan fingerprint density at radius 2 is 1.87 bits per heavy atom. The standard InChI is InChI=1S/C22H30N6OS/c1-6-15-10-12-16(13-11-15)28-19(23)18-14(5)25-26-20(18)24-22(28)30-17(7-2)21(29)27(8-3)9-4/h10-13,17,23H,6-9H2,1-5H3,(H,25,26)/t17-/m0/s1. The fourth-order valence-corrected chi connectivity index (χ4v) is 4.61. The molecule has 2 aromatic heterocycles. The fourth-order valence-electron chi connectivity index (χ4n) is 3.50. The van der Waals surface area contributed by atoms with E-state index >= 15 is 0 Å². The van der Waals surface area contributed by atoms with Crippen molar-refractivity contribution in [3.63, 3.8) is 0 Å². The van der Waals surface area contributed by atoms with Crippen LogP contribution < -0.4 is 5.49 Å². The summed E-state index contributed by atoms with van der Waals surface area (Å²) in [5, 5.41) is 17.1. The lowest BCUT2D eigenvalue weighted by molar-refractivity contribution is -0.130. The molecule has 1 amide bonds. The van der Waals surface area contributed by atoms with Gasteiger partial charge in [0.15, 0.2) is 10.8 Å². The molecule has 0 spiro atoms. The van der Waals surface area contributed by atoms with Crippen LogP contribution in [0.4, 0.5) is 0 Å². The Bertz CT molecular complexity index is 1080. The molecule has 8 heteroatoms. The molecule has 160 valence electrons. The third-order valence-electron chi connectivity index (χ3n) is 5.35. The van der Waals surface area contributed by atoms with Crippen LogP contribution in [0.3, 0.4) is 0 Å². The third-order valence-corrected chi connectivity index (χ3v) is 6.66. The molecule has 1 aromatic carbocycles. The number of H-pyrrole nitrogens is 1. The van der Waals surface area contributed by atoms with Crippen molar-refractivity contribution in [2.75, 3.05) is 13.1 Å². The lowest BCUT2D eigenvalue weighted by Gasteiger charge is -2.24. The first-order chi connectivity index (χ1) is 14.4. The maximum absolute atomic E-state index is 13.0. The van der Waals surface area contributed by atoms with Crippen molar-refractivity contribution in [1.29, 1.82) is 5.41 Å². The summed E-state index contributed by atoms with van der Waals surface area (Å²) in [5.41, 5.74) is 3.73. The highest BCUT2D eigenvalue weighted by molar-refractivity contribution is 8.00. The van der Waals surface area contributed by atoms with Crippen LogP contribution in [0, 0.1) is 12.3 Å². The number of amides is 1. The number of fused-ring (bicyclic) bond motifs is 1. The summed E-state index contributed by atoms with van der Waals surface area (Å²) in [4.78, 5) is 19.6. The summed E-state index contributed by atoms with van der Waals surface area (Å²) >= 11 is 1.41. The van der Waals surface area contributed by atoms with Crippen LogP contribution in [0.1, 0.15) is 45.4 Å². The van der Waals surface area contributed by atoms with E-state index in [4.69, 9.17) is 10.4 Å². The Morgan fingerprint density at radius 1 is 1.20 bits per heavy atom. The molecule has 0 aliphatic rings. The molecule has 0 fully saturated rings. The zero-order valence-electron chi connectivity index (χ0n) is 18.3. The van der Waals surface area contributed by atoms with E-state index in [0.717, 1.165) is 17.8 Å². The summed E-state index contributed by atoms with van der Waals surface area (Å²) in [7, 11) is 0. The SMILES string of the molecule is CCc1ccc(-n2c(S[C@@H](CC)C(=O)N(CC)CC)nc3n[nH]c(C)c3c2=N)cc1. The van der Waals surface area contributed by atoms with Crippen molar-refractivity contribution >= 4 is 28.7 Å². The molecule has 0 aliphatic heterocycles. The van der Waals surface area contributed by atoms with Crippen LogP contribution in [-0.2, 0) is 11.2 Å². The van der Waals surface area contributed by atoms with Crippen molar-refractivity contribution in [3.8, 4) is 5.69 Å². The van der Waals surface area contributed by atoms with E-state index < -0.39 is 0 Å². The molecule has 3 aromatic rings. The second-order valence-electron chi connectivity index (χ2n) is 7.17. The predicted octanol–water partition coefficient (Wildman–Crippen LogP) is 3.84. The zero-order valence-corrected chi connectivity index (χ0v) is 19.1. The van der Waals surface area contributed by atoms with E-state index in [1.165, 1.54) is 17.3 Å². The molecule has 30 heavy (non-hydrogen) atoms. The summed E-state index contributed by atoms with van der Waals surface area (Å²) in [6.45, 7) is 11.4. The summed E-state index contributed by atoms with van der Waals surface area (Å²) in [6.07, 6.45) is 1.64. The minimum Gasteiger partial charge on any atom is -0.342 e. The average Bonchev–Trinajstić information content (AvgIpc) is 3.13. The largest absolute Gasteiger partial charge is 0.342 e. The van der Waals surface area contributed by atoms with Crippen LogP contribution in [0.25, 0.3) is 16.7 Å². The van der Waals surface area contributed by atoms with E-state index in [-0.39, 0.29) is 11.2 Å². The second-order valence-corrected chi connectivity index (χ2v) is 8.34. The molecule has 0 saturated heterocycles. The molecule has 1 atom stereocenters. The number of hydrogen-bond donors (Lipinski definition) is 2. The molecule has 7 nitrogen and oxygen atoms in total. The van der Waals surface area contributed by atoms with Crippen molar-refractivity contribution < 1.29 is 4.79 Å². The number of benzene rings is 1. The number of rotatable bonds is 8. The monoisotopic (exact) mass is 426 g/mol. The molecule has 0 unspecified atom stereocenters. The first-order valence-electron chi connectivity index (χ1n) is 10.5. The van der Waals surface area contributed by atoms with Gasteiger partial charge in [-0.2, -0.15) is 5.10 Å². The lowest BCUT2D eigenvalue weighted by Crippen LogP contribution is -2.37. The Hall–Kier alpha value is -2.61. The highest BCUT2D eigenvalue weighted by Gasteiger charge is 2.25. The Balaban J connectivity index is 2.14. The number of thioether (sulfide) groups is 1. The molecule has 2 heterocycles. The van der Waals surface area contributed by atoms with Gasteiger partial charge in [-0.15, -0.1) is 0 Å². The van der Waals surface area contributed by atoms with E-state index in [1.807, 2.05) is 49.3 Å². The quantitative estimate of drug-likeness (QED) is 0.423. The Kier molecular flexibility index (Phi) is 6.97. The Morgan fingerprint density at radius 3 is 2.43 bits per heavy atom. The average molecular weight is 427 g/mol. The van der Waals surface area contributed by atoms with Crippen molar-refractivity contribution in [2.24, 2.45) is 0 Å². The van der Waals surface area contributed by atoms with Gasteiger partial charge in [0.05, 0.1) is 10.6 Å². The lowest BCUT2D eigenvalue weighted by atomic mass is 10.1. The van der Waals surface area contributed by atoms with Crippen LogP contribution in [0.5, 0.6) is 0 Å². The highest BCUT2D eigenvalue weighted by atomic mass is 32.2. The molecule has 0 radical (unpaired) electrons. The number of carbonyl (C=O) groups excluding carboxylic acids is 1. The van der Waals surface area contributed by atoms with Gasteiger partial charge in [-0.1, -0.05) is 37.7 Å². The molecule has 2 N–H and O–H groups in total. The summed E-state index contributed by atoms with van der Waals surface area (Å²) in [6, 6.07) is 8.16. The molecular weight excluding hydrogens is 396 g/mol. The number of nitrogens with one attached hydrogen (secondary N) is 2. The van der Waals surface area contributed by atoms with Gasteiger partial charge in [0, 0.05) is 24.5 Å². The van der Waals surface area contributed by atoms with Gasteiger partial charge in [-0.05, 0) is 51.3 Å². The maximum Gasteiger partial charge on any atom is 0.236 e. The normalized spacial score (nSPS) is 12.3. The van der Waals surface area contributed by atoms with E-state index in [0.29, 0.717) is 41.2 Å². The smallest absolute Gasteiger partial charge is 0.236 e. The van der Waals surface area contributed by atoms with Gasteiger partial charge in [0.25, 0.3) is 0 Å². The van der Waals surface area contributed by atoms with E-state index in [9.17, 15) is 4.79 Å². The summed E-state index contributed by atoms with van der Waals surface area (Å²) in [5.74, 6) is 0.104. The first-order valence-corrected chi connectivity index (χ1v) is 11.4. The van der Waals surface area contributed by atoms with E-state index in [2.05, 4.69) is 29.3 Å². The van der Waals surface area contributed by atoms with Crippen LogP contribution in [-0.4, -0.2) is 48.9 Å². The molecule has 0 aliphatic carbocycles. The van der Waals surface area contributed by atoms with Gasteiger partial charge in [0.1, 0.15) is 5.49 Å². The third kappa shape index (κ3) is 4.14. The van der Waals surface area contributed by atoms with Crippen LogP contribution in [0.2, 0.25) is 0 Å². The van der Waals surface area contributed by atoms with Crippen LogP contribution >= 0.6 is 11.8 Å². The predicted molar refractivity (Wildman–Crippen MR) is 121 cm³/mol. The maximum atomic E-state index is 13.0. The van der Waals surface area contributed by atoms with Gasteiger partial charge in [0.2, 0.25) is 5.91 Å². The van der Waals surface area contributed by atoms with Crippen LogP contribution in [0.15, 0.2) is 29.4 Å². The van der Waals surface area contributed by atoms with E-state index in [1.54, 1.807) is 0 Å². The number of hydrogen-bond acceptors (Lipinski definition) is 5. The number of aryl methyl sites for hydroxylation is 2. The Labute approximate surface area is 181 Å². The molecule has 0 saturated carbocycles. The number of aromatic nitrogens is 4. The number of aromatic amines is 1. The highest BCUT2D eigenvalue weighted by Crippen LogP contribution is 2.28. The fraction of sp³-hybridized carbons (Fsp3) is 0.455. The van der Waals surface area contributed by atoms with Gasteiger partial charge >= 0.3 is 0 Å². The van der Waals surface area contributed by atoms with Crippen molar-refractivity contribution in [2.45, 2.75) is 57.9 Å². The van der Waals surface area contributed by atoms with Crippen molar-refractivity contribution in [1.82, 2.24) is 24.6 Å². The zero-order chi connectivity index (χ0) is 21.8. The molecule has 3 rings (SSSR count). The molecule has 0 bridgehead atoms. The topological polar surface area (TPSA) is 90.7 Å². The molecular formula is C22H30N6OS. The minimum atomic E-state index is -0.268. The van der Waals surface area contributed by atoms with Gasteiger partial charge in [-0.25, -0.2) is 4.98 Å². The second kappa shape index (κ2) is 9.47. The van der Waals surface area contributed by atoms with Gasteiger partial charge in [-0.3, -0.25) is 19.9 Å². The van der Waals surface area contributed by atoms with Gasteiger partial charge < -0.3 is 4.90 Å². The van der Waals surface area contributed by atoms with Crippen molar-refractivity contribution in [3.05, 3.63) is 41.0 Å².